The number of hydrogen-bond acceptors (Lipinski definition) is 4. The molecule has 0 bridgehead atoms. The molecule has 1 heterocycles. The highest BCUT2D eigenvalue weighted by atomic mass is 16.5. The number of ether oxygens (including phenoxy) is 1. The van der Waals surface area contributed by atoms with Gasteiger partial charge in [0.1, 0.15) is 0 Å². The minimum absolute atomic E-state index is 0.0444. The first-order valence-corrected chi connectivity index (χ1v) is 7.65. The molecule has 1 aromatic heterocycles. The first-order chi connectivity index (χ1) is 10.2. The number of nitrogens with one attached hydrogen (secondary N) is 1. The predicted molar refractivity (Wildman–Crippen MR) is 86.7 cm³/mol. The molecule has 0 spiro atoms. The number of aromatic nitrogens is 1. The van der Waals surface area contributed by atoms with Crippen molar-refractivity contribution in [1.82, 2.24) is 10.4 Å². The van der Waals surface area contributed by atoms with Crippen LogP contribution in [0.15, 0.2) is 36.5 Å². The number of nitrogens with zero attached hydrogens (tertiary/aromatic N) is 1. The summed E-state index contributed by atoms with van der Waals surface area (Å²) in [4.78, 5) is 4.36. The molecule has 114 valence electrons. The van der Waals surface area contributed by atoms with Crippen LogP contribution in [-0.2, 0) is 4.74 Å². The number of fused-ring (bicyclic) bond motifs is 1. The van der Waals surface area contributed by atoms with Crippen LogP contribution < -0.4 is 11.3 Å². The maximum Gasteiger partial charge on any atom is 0.0883 e. The third-order valence-corrected chi connectivity index (χ3v) is 4.28. The molecule has 0 radical (unpaired) electrons. The maximum atomic E-state index is 6.09. The van der Waals surface area contributed by atoms with Crippen molar-refractivity contribution in [3.05, 3.63) is 42.1 Å². The zero-order valence-corrected chi connectivity index (χ0v) is 13.1. The van der Waals surface area contributed by atoms with E-state index in [2.05, 4.69) is 42.5 Å². The van der Waals surface area contributed by atoms with Crippen LogP contribution in [0.2, 0.25) is 0 Å². The Morgan fingerprint density at radius 1 is 1.24 bits per heavy atom. The van der Waals surface area contributed by atoms with Crippen LogP contribution >= 0.6 is 0 Å². The van der Waals surface area contributed by atoms with Gasteiger partial charge in [-0.2, -0.15) is 0 Å². The summed E-state index contributed by atoms with van der Waals surface area (Å²) in [6.45, 7) is 6.99. The molecule has 0 amide bonds. The van der Waals surface area contributed by atoms with Crippen molar-refractivity contribution >= 4 is 10.9 Å². The van der Waals surface area contributed by atoms with E-state index < -0.39 is 0 Å². The first-order valence-electron chi connectivity index (χ1n) is 7.65. The van der Waals surface area contributed by atoms with E-state index in [1.54, 1.807) is 0 Å². The zero-order valence-electron chi connectivity index (χ0n) is 13.1. The van der Waals surface area contributed by atoms with Gasteiger partial charge >= 0.3 is 0 Å². The van der Waals surface area contributed by atoms with Crippen LogP contribution in [0.3, 0.4) is 0 Å². The van der Waals surface area contributed by atoms with Gasteiger partial charge in [-0.1, -0.05) is 26.0 Å². The van der Waals surface area contributed by atoms with Crippen molar-refractivity contribution in [2.75, 3.05) is 6.61 Å². The maximum absolute atomic E-state index is 6.09. The minimum atomic E-state index is -0.292. The van der Waals surface area contributed by atoms with Gasteiger partial charge in [0.2, 0.25) is 0 Å². The topological polar surface area (TPSA) is 60.2 Å². The summed E-state index contributed by atoms with van der Waals surface area (Å²) in [5.74, 6) is 5.87. The number of rotatable bonds is 7. The Bertz CT molecular complexity index is 581. The molecule has 2 aromatic rings. The van der Waals surface area contributed by atoms with Gasteiger partial charge in [0.25, 0.3) is 0 Å². The lowest BCUT2D eigenvalue weighted by molar-refractivity contribution is -0.0733. The second-order valence-electron chi connectivity index (χ2n) is 5.26. The summed E-state index contributed by atoms with van der Waals surface area (Å²) < 4.78 is 6.09. The van der Waals surface area contributed by atoms with Crippen molar-refractivity contribution in [3.63, 3.8) is 0 Å². The molecular formula is C17H25N3O. The van der Waals surface area contributed by atoms with Crippen LogP contribution in [-0.4, -0.2) is 17.2 Å². The standard InChI is InChI=1S/C17H25N3O/c1-4-17(5-2,21-6-3)16(20-18)14-9-10-15-13(12-14)8-7-11-19-15/h7-12,16,20H,4-6,18H2,1-3H3. The molecule has 0 saturated heterocycles. The highest BCUT2D eigenvalue weighted by molar-refractivity contribution is 5.79. The van der Waals surface area contributed by atoms with E-state index in [0.29, 0.717) is 6.61 Å². The van der Waals surface area contributed by atoms with Crippen molar-refractivity contribution in [2.24, 2.45) is 5.84 Å². The molecule has 0 saturated carbocycles. The summed E-state index contributed by atoms with van der Waals surface area (Å²) >= 11 is 0. The predicted octanol–water partition coefficient (Wildman–Crippen LogP) is 3.33. The summed E-state index contributed by atoms with van der Waals surface area (Å²) in [7, 11) is 0. The van der Waals surface area contributed by atoms with Gasteiger partial charge in [-0.3, -0.25) is 16.3 Å². The van der Waals surface area contributed by atoms with Gasteiger partial charge in [0.05, 0.1) is 17.2 Å². The molecule has 2 rings (SSSR count). The largest absolute Gasteiger partial charge is 0.373 e. The lowest BCUT2D eigenvalue weighted by Gasteiger charge is -2.39. The molecule has 1 atom stereocenters. The Morgan fingerprint density at radius 3 is 2.62 bits per heavy atom. The van der Waals surface area contributed by atoms with Crippen LogP contribution in [0.1, 0.15) is 45.2 Å². The molecule has 1 unspecified atom stereocenters. The highest BCUT2D eigenvalue weighted by Crippen LogP contribution is 2.35. The molecule has 0 fully saturated rings. The summed E-state index contributed by atoms with van der Waals surface area (Å²) in [6, 6.07) is 10.2. The van der Waals surface area contributed by atoms with Crippen LogP contribution in [0, 0.1) is 0 Å². The van der Waals surface area contributed by atoms with Gasteiger partial charge < -0.3 is 4.74 Å². The number of hydrogen-bond donors (Lipinski definition) is 2. The number of pyridine rings is 1. The van der Waals surface area contributed by atoms with E-state index in [9.17, 15) is 0 Å². The van der Waals surface area contributed by atoms with Crippen molar-refractivity contribution < 1.29 is 4.74 Å². The summed E-state index contributed by atoms with van der Waals surface area (Å²) in [6.07, 6.45) is 3.61. The fourth-order valence-electron chi connectivity index (χ4n) is 3.06. The molecule has 1 aromatic carbocycles. The van der Waals surface area contributed by atoms with E-state index in [1.165, 1.54) is 0 Å². The Hall–Kier alpha value is -1.49. The van der Waals surface area contributed by atoms with Crippen LogP contribution in [0.4, 0.5) is 0 Å². The Labute approximate surface area is 126 Å². The average molecular weight is 287 g/mol. The second-order valence-corrected chi connectivity index (χ2v) is 5.26. The first kappa shape index (κ1) is 15.9. The molecule has 0 aliphatic rings. The minimum Gasteiger partial charge on any atom is -0.373 e. The van der Waals surface area contributed by atoms with E-state index in [0.717, 1.165) is 29.3 Å². The molecule has 4 heteroatoms. The SMILES string of the molecule is CCOC(CC)(CC)C(NN)c1ccc2ncccc2c1. The molecule has 3 N–H and O–H groups in total. The van der Waals surface area contributed by atoms with E-state index in [-0.39, 0.29) is 11.6 Å². The van der Waals surface area contributed by atoms with Crippen LogP contribution in [0.25, 0.3) is 10.9 Å². The highest BCUT2D eigenvalue weighted by Gasteiger charge is 2.37. The van der Waals surface area contributed by atoms with Crippen molar-refractivity contribution in [3.8, 4) is 0 Å². The molecular weight excluding hydrogens is 262 g/mol. The number of nitrogens with two attached hydrogens (primary N) is 1. The van der Waals surface area contributed by atoms with Crippen molar-refractivity contribution in [1.29, 1.82) is 0 Å². The van der Waals surface area contributed by atoms with Crippen molar-refractivity contribution in [2.45, 2.75) is 45.3 Å². The Kier molecular flexibility index (Phi) is 5.28. The molecule has 0 aliphatic carbocycles. The summed E-state index contributed by atoms with van der Waals surface area (Å²) in [5.41, 5.74) is 4.80. The smallest absolute Gasteiger partial charge is 0.0883 e. The molecule has 0 aliphatic heterocycles. The van der Waals surface area contributed by atoms with Gasteiger partial charge in [0.15, 0.2) is 0 Å². The van der Waals surface area contributed by atoms with Gasteiger partial charge in [-0.25, -0.2) is 0 Å². The van der Waals surface area contributed by atoms with Gasteiger partial charge in [-0.15, -0.1) is 0 Å². The third kappa shape index (κ3) is 3.07. The Balaban J connectivity index is 2.46. The van der Waals surface area contributed by atoms with Gasteiger partial charge in [0, 0.05) is 18.2 Å². The quantitative estimate of drug-likeness (QED) is 0.605. The normalized spacial score (nSPS) is 13.5. The Morgan fingerprint density at radius 2 is 2.00 bits per heavy atom. The summed E-state index contributed by atoms with van der Waals surface area (Å²) in [5, 5.41) is 1.12. The monoisotopic (exact) mass is 287 g/mol. The van der Waals surface area contributed by atoms with E-state index in [4.69, 9.17) is 10.6 Å². The fourth-order valence-corrected chi connectivity index (χ4v) is 3.06. The average Bonchev–Trinajstić information content (AvgIpc) is 2.54. The van der Waals surface area contributed by atoms with Crippen LogP contribution in [0.5, 0.6) is 0 Å². The number of benzene rings is 1. The molecule has 21 heavy (non-hydrogen) atoms. The zero-order chi connectivity index (χ0) is 15.3. The second kappa shape index (κ2) is 6.98. The lowest BCUT2D eigenvalue weighted by Crippen LogP contribution is -2.48. The third-order valence-electron chi connectivity index (χ3n) is 4.28. The van der Waals surface area contributed by atoms with E-state index in [1.807, 2.05) is 25.3 Å². The molecule has 4 nitrogen and oxygen atoms in total. The lowest BCUT2D eigenvalue weighted by atomic mass is 9.83. The fraction of sp³-hybridized carbons (Fsp3) is 0.471. The van der Waals surface area contributed by atoms with Gasteiger partial charge in [-0.05, 0) is 43.5 Å². The van der Waals surface area contributed by atoms with E-state index >= 15 is 0 Å². The number of hydrazine groups is 1.